The molecule has 0 unspecified atom stereocenters. The van der Waals surface area contributed by atoms with E-state index in [1.165, 1.54) is 0 Å². The van der Waals surface area contributed by atoms with E-state index in [-0.39, 0.29) is 11.7 Å². The molecule has 0 atom stereocenters. The number of benzene rings is 1. The Bertz CT molecular complexity index is 940. The van der Waals surface area contributed by atoms with Gasteiger partial charge in [0, 0.05) is 36.7 Å². The second kappa shape index (κ2) is 9.31. The maximum atomic E-state index is 12.1. The highest BCUT2D eigenvalue weighted by Crippen LogP contribution is 2.15. The molecule has 2 aromatic heterocycles. The van der Waals surface area contributed by atoms with Crippen molar-refractivity contribution >= 4 is 17.7 Å². The molecule has 8 nitrogen and oxygen atoms in total. The van der Waals surface area contributed by atoms with Crippen LogP contribution in [-0.4, -0.2) is 39.9 Å². The van der Waals surface area contributed by atoms with Crippen molar-refractivity contribution in [3.63, 3.8) is 0 Å². The third kappa shape index (κ3) is 5.16. The van der Waals surface area contributed by atoms with Gasteiger partial charge in [0.05, 0.1) is 12.3 Å². The first-order valence-corrected chi connectivity index (χ1v) is 8.93. The molecule has 0 saturated carbocycles. The van der Waals surface area contributed by atoms with Gasteiger partial charge in [0.25, 0.3) is 0 Å². The molecule has 0 fully saturated rings. The van der Waals surface area contributed by atoms with Gasteiger partial charge < -0.3 is 15.4 Å². The molecule has 0 aliphatic carbocycles. The minimum atomic E-state index is -0.470. The average Bonchev–Trinajstić information content (AvgIpc) is 3.20. The maximum Gasteiger partial charge on any atom is 0.358 e. The molecule has 2 amide bonds. The van der Waals surface area contributed by atoms with Gasteiger partial charge in [-0.15, -0.1) is 0 Å². The Labute approximate surface area is 162 Å². The summed E-state index contributed by atoms with van der Waals surface area (Å²) in [6, 6.07) is 14.1. The Hall–Kier alpha value is -3.68. The van der Waals surface area contributed by atoms with Crippen LogP contribution in [0.25, 0.3) is 5.69 Å². The van der Waals surface area contributed by atoms with E-state index in [9.17, 15) is 9.59 Å². The van der Waals surface area contributed by atoms with Crippen molar-refractivity contribution in [3.8, 4) is 5.69 Å². The third-order valence-electron chi connectivity index (χ3n) is 3.84. The lowest BCUT2D eigenvalue weighted by molar-refractivity contribution is 0.0519. The van der Waals surface area contributed by atoms with Crippen LogP contribution in [0, 0.1) is 0 Å². The summed E-state index contributed by atoms with van der Waals surface area (Å²) in [5.74, 6) is -0.470. The molecule has 2 heterocycles. The van der Waals surface area contributed by atoms with Crippen molar-refractivity contribution in [1.82, 2.24) is 20.1 Å². The normalized spacial score (nSPS) is 10.3. The van der Waals surface area contributed by atoms with Crippen LogP contribution in [0.2, 0.25) is 0 Å². The number of carbonyl (C=O) groups excluding carboxylic acids is 2. The minimum absolute atomic E-state index is 0.229. The Morgan fingerprint density at radius 3 is 2.82 bits per heavy atom. The van der Waals surface area contributed by atoms with Gasteiger partial charge in [0.1, 0.15) is 0 Å². The fourth-order valence-electron chi connectivity index (χ4n) is 2.53. The van der Waals surface area contributed by atoms with E-state index < -0.39 is 5.97 Å². The van der Waals surface area contributed by atoms with Crippen LogP contribution in [0.3, 0.4) is 0 Å². The smallest absolute Gasteiger partial charge is 0.358 e. The van der Waals surface area contributed by atoms with Gasteiger partial charge in [-0.3, -0.25) is 4.98 Å². The molecule has 0 aliphatic heterocycles. The quantitative estimate of drug-likeness (QED) is 0.615. The fourth-order valence-corrected chi connectivity index (χ4v) is 2.53. The van der Waals surface area contributed by atoms with Crippen molar-refractivity contribution in [2.24, 2.45) is 0 Å². The summed E-state index contributed by atoms with van der Waals surface area (Å²) in [6.07, 6.45) is 4.04. The van der Waals surface area contributed by atoms with Gasteiger partial charge in [0.15, 0.2) is 5.69 Å². The second-order valence-electron chi connectivity index (χ2n) is 5.87. The zero-order valence-corrected chi connectivity index (χ0v) is 15.5. The highest BCUT2D eigenvalue weighted by atomic mass is 16.5. The highest BCUT2D eigenvalue weighted by molar-refractivity contribution is 5.89. The SMILES string of the molecule is CCOC(=O)c1ccn(-c2cccc(NC(=O)NCCc3ccccn3)c2)n1. The number of esters is 1. The van der Waals surface area contributed by atoms with Crippen molar-refractivity contribution in [1.29, 1.82) is 0 Å². The molecule has 3 rings (SSSR count). The van der Waals surface area contributed by atoms with Gasteiger partial charge in [-0.05, 0) is 43.3 Å². The van der Waals surface area contributed by atoms with Crippen molar-refractivity contribution in [2.75, 3.05) is 18.5 Å². The number of hydrogen-bond donors (Lipinski definition) is 2. The van der Waals surface area contributed by atoms with E-state index in [0.717, 1.165) is 5.69 Å². The Kier molecular flexibility index (Phi) is 6.35. The second-order valence-corrected chi connectivity index (χ2v) is 5.87. The van der Waals surface area contributed by atoms with Gasteiger partial charge in [-0.2, -0.15) is 5.10 Å². The number of nitrogens with one attached hydrogen (secondary N) is 2. The first-order chi connectivity index (χ1) is 13.7. The molecule has 0 spiro atoms. The lowest BCUT2D eigenvalue weighted by atomic mass is 10.2. The summed E-state index contributed by atoms with van der Waals surface area (Å²) in [7, 11) is 0. The number of amides is 2. The van der Waals surface area contributed by atoms with Crippen LogP contribution in [0.5, 0.6) is 0 Å². The lowest BCUT2D eigenvalue weighted by Gasteiger charge is -2.09. The van der Waals surface area contributed by atoms with E-state index in [1.807, 2.05) is 24.3 Å². The van der Waals surface area contributed by atoms with Crippen LogP contribution >= 0.6 is 0 Å². The molecule has 3 aromatic rings. The molecular weight excluding hydrogens is 358 g/mol. The Morgan fingerprint density at radius 2 is 2.04 bits per heavy atom. The van der Waals surface area contributed by atoms with Crippen LogP contribution in [0.1, 0.15) is 23.1 Å². The minimum Gasteiger partial charge on any atom is -0.461 e. The largest absolute Gasteiger partial charge is 0.461 e. The number of hydrogen-bond acceptors (Lipinski definition) is 5. The van der Waals surface area contributed by atoms with Gasteiger partial charge in [-0.1, -0.05) is 12.1 Å². The molecule has 1 aromatic carbocycles. The summed E-state index contributed by atoms with van der Waals surface area (Å²) in [4.78, 5) is 28.0. The van der Waals surface area contributed by atoms with E-state index in [0.29, 0.717) is 30.9 Å². The summed E-state index contributed by atoms with van der Waals surface area (Å²) in [6.45, 7) is 2.51. The number of rotatable bonds is 7. The number of carbonyl (C=O) groups is 2. The fraction of sp³-hybridized carbons (Fsp3) is 0.200. The lowest BCUT2D eigenvalue weighted by Crippen LogP contribution is -2.30. The van der Waals surface area contributed by atoms with E-state index >= 15 is 0 Å². The number of aromatic nitrogens is 3. The molecule has 0 saturated heterocycles. The molecule has 28 heavy (non-hydrogen) atoms. The van der Waals surface area contributed by atoms with Gasteiger partial charge in [0.2, 0.25) is 0 Å². The zero-order valence-electron chi connectivity index (χ0n) is 15.5. The number of pyridine rings is 1. The molecule has 144 valence electrons. The summed E-state index contributed by atoms with van der Waals surface area (Å²) >= 11 is 0. The number of anilines is 1. The van der Waals surface area contributed by atoms with Crippen molar-refractivity contribution in [2.45, 2.75) is 13.3 Å². The zero-order chi connectivity index (χ0) is 19.8. The first kappa shape index (κ1) is 19.1. The van der Waals surface area contributed by atoms with Crippen LogP contribution in [0.4, 0.5) is 10.5 Å². The Balaban J connectivity index is 1.57. The van der Waals surface area contributed by atoms with E-state index in [4.69, 9.17) is 4.74 Å². The summed E-state index contributed by atoms with van der Waals surface area (Å²) in [5.41, 5.74) is 2.47. The van der Waals surface area contributed by atoms with Crippen LogP contribution in [-0.2, 0) is 11.2 Å². The third-order valence-corrected chi connectivity index (χ3v) is 3.84. The van der Waals surface area contributed by atoms with Crippen molar-refractivity contribution < 1.29 is 14.3 Å². The molecular formula is C20H21N5O3. The average molecular weight is 379 g/mol. The Morgan fingerprint density at radius 1 is 1.14 bits per heavy atom. The summed E-state index contributed by atoms with van der Waals surface area (Å²) in [5, 5.41) is 9.79. The molecule has 8 heteroatoms. The molecule has 0 radical (unpaired) electrons. The predicted octanol–water partition coefficient (Wildman–Crippen LogP) is 2.81. The summed E-state index contributed by atoms with van der Waals surface area (Å²) < 4.78 is 6.49. The molecule has 2 N–H and O–H groups in total. The molecule has 0 bridgehead atoms. The van der Waals surface area contributed by atoms with Crippen LogP contribution in [0.15, 0.2) is 60.9 Å². The van der Waals surface area contributed by atoms with Crippen LogP contribution < -0.4 is 10.6 Å². The topological polar surface area (TPSA) is 98.1 Å². The van der Waals surface area contributed by atoms with E-state index in [1.54, 1.807) is 48.3 Å². The maximum absolute atomic E-state index is 12.1. The monoisotopic (exact) mass is 379 g/mol. The van der Waals surface area contributed by atoms with Gasteiger partial charge >= 0.3 is 12.0 Å². The van der Waals surface area contributed by atoms with Crippen molar-refractivity contribution in [3.05, 3.63) is 72.3 Å². The predicted molar refractivity (Wildman–Crippen MR) is 104 cm³/mol. The van der Waals surface area contributed by atoms with Gasteiger partial charge in [-0.25, -0.2) is 14.3 Å². The number of ether oxygens (including phenoxy) is 1. The number of nitrogens with zero attached hydrogens (tertiary/aromatic N) is 3. The first-order valence-electron chi connectivity index (χ1n) is 8.93. The molecule has 0 aliphatic rings. The highest BCUT2D eigenvalue weighted by Gasteiger charge is 2.11. The standard InChI is InChI=1S/C20H21N5O3/c1-2-28-19(26)18-10-13-25(24-18)17-8-5-7-16(14-17)23-20(27)22-12-9-15-6-3-4-11-21-15/h3-8,10-11,13-14H,2,9,12H2,1H3,(H2,22,23,27). The number of urea groups is 1. The van der Waals surface area contributed by atoms with E-state index in [2.05, 4.69) is 20.7 Å².